The number of carbonyl (C=O) groups excluding carboxylic acids is 1. The van der Waals surface area contributed by atoms with Gasteiger partial charge in [0.15, 0.2) is 0 Å². The van der Waals surface area contributed by atoms with Crippen molar-refractivity contribution in [1.82, 2.24) is 14.9 Å². The van der Waals surface area contributed by atoms with E-state index < -0.39 is 0 Å². The summed E-state index contributed by atoms with van der Waals surface area (Å²) in [5.74, 6) is 0.0363. The van der Waals surface area contributed by atoms with Gasteiger partial charge in [-0.15, -0.1) is 11.3 Å². The molecule has 4 nitrogen and oxygen atoms in total. The molecule has 1 saturated heterocycles. The van der Waals surface area contributed by atoms with Crippen molar-refractivity contribution in [2.45, 2.75) is 32.1 Å². The molecule has 4 rings (SSSR count). The van der Waals surface area contributed by atoms with Crippen LogP contribution in [0.25, 0.3) is 10.8 Å². The molecule has 2 aromatic heterocycles. The highest BCUT2D eigenvalue weighted by Crippen LogP contribution is 2.37. The minimum Gasteiger partial charge on any atom is -0.337 e. The van der Waals surface area contributed by atoms with Crippen molar-refractivity contribution >= 4 is 28.0 Å². The first-order valence-corrected chi connectivity index (χ1v) is 9.44. The number of hydrogen-bond acceptors (Lipinski definition) is 4. The van der Waals surface area contributed by atoms with Gasteiger partial charge in [-0.3, -0.25) is 9.78 Å². The van der Waals surface area contributed by atoms with Crippen molar-refractivity contribution in [2.24, 2.45) is 0 Å². The Labute approximate surface area is 151 Å². The Balaban J connectivity index is 1.55. The number of aromatic nitrogens is 2. The second-order valence-electron chi connectivity index (χ2n) is 7.01. The van der Waals surface area contributed by atoms with Crippen LogP contribution in [0.1, 0.15) is 40.1 Å². The van der Waals surface area contributed by atoms with Crippen LogP contribution in [0.3, 0.4) is 0 Å². The lowest BCUT2D eigenvalue weighted by Gasteiger charge is -2.38. The second kappa shape index (κ2) is 6.23. The summed E-state index contributed by atoms with van der Waals surface area (Å²) in [6.45, 7) is 5.86. The molecular formula is C20H21N3OS. The van der Waals surface area contributed by atoms with E-state index in [0.29, 0.717) is 5.69 Å². The molecule has 0 atom stereocenters. The van der Waals surface area contributed by atoms with Crippen LogP contribution in [0.4, 0.5) is 0 Å². The van der Waals surface area contributed by atoms with Crippen molar-refractivity contribution in [3.8, 4) is 0 Å². The molecule has 0 bridgehead atoms. The largest absolute Gasteiger partial charge is 0.337 e. The number of thiazole rings is 1. The van der Waals surface area contributed by atoms with E-state index in [2.05, 4.69) is 23.8 Å². The van der Waals surface area contributed by atoms with Crippen molar-refractivity contribution in [3.63, 3.8) is 0 Å². The average Bonchev–Trinajstić information content (AvgIpc) is 3.09. The fourth-order valence-corrected chi connectivity index (χ4v) is 4.46. The molecule has 0 radical (unpaired) electrons. The molecule has 0 N–H and O–H groups in total. The van der Waals surface area contributed by atoms with E-state index >= 15 is 0 Å². The van der Waals surface area contributed by atoms with Crippen LogP contribution in [0, 0.1) is 6.92 Å². The van der Waals surface area contributed by atoms with Gasteiger partial charge in [0.1, 0.15) is 5.69 Å². The van der Waals surface area contributed by atoms with E-state index in [0.717, 1.165) is 36.7 Å². The van der Waals surface area contributed by atoms with Crippen LogP contribution in [0.5, 0.6) is 0 Å². The normalized spacial score (nSPS) is 17.0. The van der Waals surface area contributed by atoms with Crippen LogP contribution in [-0.4, -0.2) is 33.9 Å². The minimum absolute atomic E-state index is 0.0363. The summed E-state index contributed by atoms with van der Waals surface area (Å²) in [4.78, 5) is 25.2. The van der Waals surface area contributed by atoms with Crippen LogP contribution in [0.15, 0.2) is 42.7 Å². The number of likely N-dealkylation sites (tertiary alicyclic amines) is 1. The van der Waals surface area contributed by atoms with Crippen molar-refractivity contribution in [3.05, 3.63) is 58.3 Å². The number of benzene rings is 1. The summed E-state index contributed by atoms with van der Waals surface area (Å²) in [6.07, 6.45) is 5.55. The van der Waals surface area contributed by atoms with Gasteiger partial charge in [0.25, 0.3) is 5.91 Å². The smallest absolute Gasteiger partial charge is 0.273 e. The molecule has 1 amide bonds. The Kier molecular flexibility index (Phi) is 4.04. The fourth-order valence-electron chi connectivity index (χ4n) is 3.49. The first kappa shape index (κ1) is 16.2. The van der Waals surface area contributed by atoms with Crippen LogP contribution in [0.2, 0.25) is 0 Å². The lowest BCUT2D eigenvalue weighted by Crippen LogP contribution is -2.44. The Morgan fingerprint density at radius 2 is 1.92 bits per heavy atom. The van der Waals surface area contributed by atoms with E-state index in [9.17, 15) is 4.79 Å². The highest BCUT2D eigenvalue weighted by atomic mass is 32.1. The van der Waals surface area contributed by atoms with Gasteiger partial charge < -0.3 is 4.90 Å². The van der Waals surface area contributed by atoms with Crippen LogP contribution < -0.4 is 0 Å². The highest BCUT2D eigenvalue weighted by molar-refractivity contribution is 7.11. The van der Waals surface area contributed by atoms with Gasteiger partial charge in [-0.1, -0.05) is 31.2 Å². The molecule has 25 heavy (non-hydrogen) atoms. The summed E-state index contributed by atoms with van der Waals surface area (Å²) in [6, 6.07) is 9.88. The van der Waals surface area contributed by atoms with Gasteiger partial charge in [-0.05, 0) is 31.2 Å². The zero-order chi connectivity index (χ0) is 17.4. The zero-order valence-corrected chi connectivity index (χ0v) is 15.3. The predicted octanol–water partition coefficient (Wildman–Crippen LogP) is 4.19. The van der Waals surface area contributed by atoms with Gasteiger partial charge in [0.05, 0.1) is 5.01 Å². The number of carbonyl (C=O) groups is 1. The summed E-state index contributed by atoms with van der Waals surface area (Å²) >= 11 is 1.77. The predicted molar refractivity (Wildman–Crippen MR) is 101 cm³/mol. The molecule has 1 aliphatic rings. The summed E-state index contributed by atoms with van der Waals surface area (Å²) in [7, 11) is 0. The number of rotatable bonds is 2. The number of amides is 1. The zero-order valence-electron chi connectivity index (χ0n) is 14.5. The summed E-state index contributed by atoms with van der Waals surface area (Å²) in [5.41, 5.74) is 0.633. The number of hydrogen-bond donors (Lipinski definition) is 0. The molecule has 3 aromatic rings. The molecule has 5 heteroatoms. The first-order valence-electron chi connectivity index (χ1n) is 8.63. The summed E-state index contributed by atoms with van der Waals surface area (Å²) in [5, 5.41) is 3.18. The van der Waals surface area contributed by atoms with Crippen molar-refractivity contribution in [2.75, 3.05) is 13.1 Å². The highest BCUT2D eigenvalue weighted by Gasteiger charge is 2.36. The number of nitrogens with zero attached hydrogens (tertiary/aromatic N) is 3. The maximum atomic E-state index is 13.0. The third kappa shape index (κ3) is 2.93. The van der Waals surface area contributed by atoms with E-state index in [-0.39, 0.29) is 11.3 Å². The number of aryl methyl sites for hydroxylation is 1. The summed E-state index contributed by atoms with van der Waals surface area (Å²) < 4.78 is 0. The maximum Gasteiger partial charge on any atom is 0.273 e. The molecule has 0 unspecified atom stereocenters. The molecule has 0 aliphatic carbocycles. The molecule has 1 aliphatic heterocycles. The van der Waals surface area contributed by atoms with Crippen LogP contribution in [-0.2, 0) is 5.41 Å². The Hall–Kier alpha value is -2.27. The average molecular weight is 351 g/mol. The lowest BCUT2D eigenvalue weighted by molar-refractivity contribution is 0.0672. The van der Waals surface area contributed by atoms with Gasteiger partial charge in [0.2, 0.25) is 0 Å². The van der Waals surface area contributed by atoms with E-state index in [1.54, 1.807) is 17.5 Å². The van der Waals surface area contributed by atoms with E-state index in [1.165, 1.54) is 9.88 Å². The second-order valence-corrected chi connectivity index (χ2v) is 8.24. The van der Waals surface area contributed by atoms with Crippen LogP contribution >= 0.6 is 11.3 Å². The molecule has 1 aromatic carbocycles. The van der Waals surface area contributed by atoms with Gasteiger partial charge in [0, 0.05) is 41.2 Å². The molecule has 0 saturated carbocycles. The Bertz CT molecular complexity index is 920. The third-order valence-electron chi connectivity index (χ3n) is 5.17. The molecule has 1 fully saturated rings. The quantitative estimate of drug-likeness (QED) is 0.695. The molecule has 0 spiro atoms. The van der Waals surface area contributed by atoms with E-state index in [4.69, 9.17) is 0 Å². The maximum absolute atomic E-state index is 13.0. The van der Waals surface area contributed by atoms with Crippen molar-refractivity contribution < 1.29 is 4.79 Å². The molecular weight excluding hydrogens is 330 g/mol. The topological polar surface area (TPSA) is 46.1 Å². The number of fused-ring (bicyclic) bond motifs is 1. The molecule has 128 valence electrons. The number of pyridine rings is 1. The van der Waals surface area contributed by atoms with Gasteiger partial charge in [-0.2, -0.15) is 0 Å². The molecule has 3 heterocycles. The Morgan fingerprint density at radius 3 is 2.64 bits per heavy atom. The Morgan fingerprint density at radius 1 is 1.16 bits per heavy atom. The first-order chi connectivity index (χ1) is 12.1. The van der Waals surface area contributed by atoms with Gasteiger partial charge in [-0.25, -0.2) is 4.98 Å². The standard InChI is InChI=1S/C20H21N3OS/c1-14-13-22-19(25-14)20(2)8-11-23(12-9-20)18(24)17-16-6-4-3-5-15(16)7-10-21-17/h3-7,10,13H,8-9,11-12H2,1-2H3. The van der Waals surface area contributed by atoms with E-state index in [1.807, 2.05) is 41.4 Å². The van der Waals surface area contributed by atoms with Gasteiger partial charge >= 0.3 is 0 Å². The fraction of sp³-hybridized carbons (Fsp3) is 0.350. The van der Waals surface area contributed by atoms with Crippen molar-refractivity contribution in [1.29, 1.82) is 0 Å². The SMILES string of the molecule is Cc1cnc(C2(C)CCN(C(=O)c3nccc4ccccc34)CC2)s1. The lowest BCUT2D eigenvalue weighted by atomic mass is 9.81. The minimum atomic E-state index is 0.0363. The monoisotopic (exact) mass is 351 g/mol. The third-order valence-corrected chi connectivity index (χ3v) is 6.39. The number of piperidine rings is 1.